The normalized spacial score (nSPS) is 14.4. The molecule has 0 aliphatic heterocycles. The van der Waals surface area contributed by atoms with Gasteiger partial charge in [0.2, 0.25) is 0 Å². The van der Waals surface area contributed by atoms with Crippen LogP contribution in [0.4, 0.5) is 0 Å². The minimum Gasteiger partial charge on any atom is -0.481 e. The Hall–Kier alpha value is -1.06. The van der Waals surface area contributed by atoms with Gasteiger partial charge in [0.05, 0.1) is 5.41 Å². The van der Waals surface area contributed by atoms with Gasteiger partial charge >= 0.3 is 5.97 Å². The summed E-state index contributed by atoms with van der Waals surface area (Å²) in [4.78, 5) is 11.3. The maximum atomic E-state index is 11.3. The van der Waals surface area contributed by atoms with E-state index in [2.05, 4.69) is 0 Å². The van der Waals surface area contributed by atoms with Crippen molar-refractivity contribution < 1.29 is 14.6 Å². The number of halogens is 1. The Labute approximate surface area is 100.0 Å². The molecule has 16 heavy (non-hydrogen) atoms. The van der Waals surface area contributed by atoms with Gasteiger partial charge in [0.25, 0.3) is 0 Å². The van der Waals surface area contributed by atoms with Crippen LogP contribution in [-0.2, 0) is 14.9 Å². The fraction of sp³-hybridized carbons (Fsp3) is 0.417. The summed E-state index contributed by atoms with van der Waals surface area (Å²) in [5, 5.41) is 9.89. The summed E-state index contributed by atoms with van der Waals surface area (Å²) in [6.07, 6.45) is 0.431. The summed E-state index contributed by atoms with van der Waals surface area (Å²) in [7, 11) is 1.56. The van der Waals surface area contributed by atoms with Crippen molar-refractivity contribution in [2.75, 3.05) is 13.7 Å². The number of aliphatic carboxylic acids is 1. The Bertz CT molecular complexity index is 361. The molecule has 0 aromatic heterocycles. The van der Waals surface area contributed by atoms with Gasteiger partial charge in [-0.3, -0.25) is 4.79 Å². The van der Waals surface area contributed by atoms with Crippen molar-refractivity contribution in [1.82, 2.24) is 0 Å². The first kappa shape index (κ1) is 13.0. The van der Waals surface area contributed by atoms with E-state index >= 15 is 0 Å². The summed E-state index contributed by atoms with van der Waals surface area (Å²) in [6, 6.07) is 6.88. The first-order chi connectivity index (χ1) is 7.50. The fourth-order valence-corrected chi connectivity index (χ4v) is 1.62. The van der Waals surface area contributed by atoms with E-state index in [0.717, 1.165) is 5.56 Å². The minimum absolute atomic E-state index is 0.408. The van der Waals surface area contributed by atoms with Crippen molar-refractivity contribution in [3.05, 3.63) is 34.9 Å². The van der Waals surface area contributed by atoms with E-state index in [1.165, 1.54) is 0 Å². The molecule has 4 heteroatoms. The van der Waals surface area contributed by atoms with E-state index in [9.17, 15) is 9.90 Å². The number of ether oxygens (including phenoxy) is 1. The topological polar surface area (TPSA) is 46.5 Å². The number of hydrogen-bond acceptors (Lipinski definition) is 2. The van der Waals surface area contributed by atoms with Gasteiger partial charge < -0.3 is 9.84 Å². The van der Waals surface area contributed by atoms with Crippen LogP contribution in [0.15, 0.2) is 24.3 Å². The quantitative estimate of drug-likeness (QED) is 0.864. The van der Waals surface area contributed by atoms with Crippen LogP contribution in [0.2, 0.25) is 5.02 Å². The Kier molecular flexibility index (Phi) is 4.33. The molecule has 1 N–H and O–H groups in total. The molecule has 1 aromatic carbocycles. The summed E-state index contributed by atoms with van der Waals surface area (Å²) in [5.74, 6) is -0.855. The lowest BCUT2D eigenvalue weighted by molar-refractivity contribution is -0.143. The Balaban J connectivity index is 3.01. The molecule has 1 unspecified atom stereocenters. The maximum absolute atomic E-state index is 11.3. The van der Waals surface area contributed by atoms with E-state index in [4.69, 9.17) is 16.3 Å². The molecular formula is C12H15ClO3. The summed E-state index contributed by atoms with van der Waals surface area (Å²) in [5.41, 5.74) is -0.193. The molecule has 3 nitrogen and oxygen atoms in total. The van der Waals surface area contributed by atoms with E-state index < -0.39 is 11.4 Å². The van der Waals surface area contributed by atoms with Crippen molar-refractivity contribution in [2.45, 2.75) is 18.8 Å². The second kappa shape index (κ2) is 5.32. The average molecular weight is 243 g/mol. The van der Waals surface area contributed by atoms with Gasteiger partial charge in [0, 0.05) is 18.7 Å². The summed E-state index contributed by atoms with van der Waals surface area (Å²) < 4.78 is 4.94. The van der Waals surface area contributed by atoms with E-state index in [1.807, 2.05) is 0 Å². The average Bonchev–Trinajstić information content (AvgIpc) is 2.26. The predicted octanol–water partition coefficient (Wildman–Crippen LogP) is 2.72. The number of carbonyl (C=O) groups is 1. The standard InChI is InChI=1S/C12H15ClO3/c1-12(11(14)15,7-8-16-2)9-3-5-10(13)6-4-9/h3-6H,7-8H2,1-2H3,(H,14,15). The van der Waals surface area contributed by atoms with E-state index in [0.29, 0.717) is 18.1 Å². The van der Waals surface area contributed by atoms with Crippen LogP contribution in [0.5, 0.6) is 0 Å². The number of methoxy groups -OCH3 is 1. The molecule has 0 saturated heterocycles. The van der Waals surface area contributed by atoms with E-state index in [1.54, 1.807) is 38.3 Å². The molecule has 0 aliphatic carbocycles. The molecule has 0 bridgehead atoms. The molecule has 0 spiro atoms. The van der Waals surface area contributed by atoms with Crippen molar-refractivity contribution in [3.63, 3.8) is 0 Å². The van der Waals surface area contributed by atoms with Gasteiger partial charge in [-0.1, -0.05) is 23.7 Å². The SMILES string of the molecule is COCCC(C)(C(=O)O)c1ccc(Cl)cc1. The van der Waals surface area contributed by atoms with Crippen LogP contribution in [0.3, 0.4) is 0 Å². The second-order valence-corrected chi connectivity index (χ2v) is 4.32. The third kappa shape index (κ3) is 2.74. The molecule has 0 amide bonds. The smallest absolute Gasteiger partial charge is 0.313 e. The highest BCUT2D eigenvalue weighted by molar-refractivity contribution is 6.30. The molecule has 0 radical (unpaired) electrons. The molecule has 1 rings (SSSR count). The lowest BCUT2D eigenvalue weighted by atomic mass is 9.80. The van der Waals surface area contributed by atoms with Crippen molar-refractivity contribution >= 4 is 17.6 Å². The van der Waals surface area contributed by atoms with Crippen LogP contribution in [-0.4, -0.2) is 24.8 Å². The minimum atomic E-state index is -0.930. The Morgan fingerprint density at radius 1 is 1.44 bits per heavy atom. The maximum Gasteiger partial charge on any atom is 0.313 e. The second-order valence-electron chi connectivity index (χ2n) is 3.89. The van der Waals surface area contributed by atoms with Gasteiger partial charge in [-0.25, -0.2) is 0 Å². The predicted molar refractivity (Wildman–Crippen MR) is 62.9 cm³/mol. The zero-order valence-electron chi connectivity index (χ0n) is 9.37. The fourth-order valence-electron chi connectivity index (χ4n) is 1.50. The van der Waals surface area contributed by atoms with Gasteiger partial charge in [-0.2, -0.15) is 0 Å². The number of benzene rings is 1. The monoisotopic (exact) mass is 242 g/mol. The number of carboxylic acid groups (broad SMARTS) is 1. The van der Waals surface area contributed by atoms with Crippen LogP contribution in [0, 0.1) is 0 Å². The molecular weight excluding hydrogens is 228 g/mol. The number of rotatable bonds is 5. The van der Waals surface area contributed by atoms with Gasteiger partial charge in [0.1, 0.15) is 0 Å². The highest BCUT2D eigenvalue weighted by atomic mass is 35.5. The Morgan fingerprint density at radius 3 is 2.44 bits per heavy atom. The van der Waals surface area contributed by atoms with Crippen LogP contribution < -0.4 is 0 Å². The van der Waals surface area contributed by atoms with Crippen LogP contribution in [0.25, 0.3) is 0 Å². The first-order valence-corrected chi connectivity index (χ1v) is 5.37. The lowest BCUT2D eigenvalue weighted by Gasteiger charge is -2.25. The first-order valence-electron chi connectivity index (χ1n) is 4.99. The molecule has 88 valence electrons. The number of carboxylic acids is 1. The van der Waals surface area contributed by atoms with E-state index in [-0.39, 0.29) is 0 Å². The molecule has 1 aromatic rings. The zero-order valence-corrected chi connectivity index (χ0v) is 10.1. The lowest BCUT2D eigenvalue weighted by Crippen LogP contribution is -2.33. The Morgan fingerprint density at radius 2 is 2.00 bits per heavy atom. The summed E-state index contributed by atoms with van der Waals surface area (Å²) >= 11 is 5.77. The molecule has 0 fully saturated rings. The van der Waals surface area contributed by atoms with Crippen molar-refractivity contribution in [2.24, 2.45) is 0 Å². The zero-order chi connectivity index (χ0) is 12.2. The third-order valence-corrected chi connectivity index (χ3v) is 3.01. The summed E-state index contributed by atoms with van der Waals surface area (Å²) in [6.45, 7) is 2.10. The van der Waals surface area contributed by atoms with Crippen molar-refractivity contribution in [3.8, 4) is 0 Å². The third-order valence-electron chi connectivity index (χ3n) is 2.76. The molecule has 0 saturated carbocycles. The highest BCUT2D eigenvalue weighted by Gasteiger charge is 2.34. The van der Waals surface area contributed by atoms with Gasteiger partial charge in [-0.15, -0.1) is 0 Å². The van der Waals surface area contributed by atoms with Crippen molar-refractivity contribution in [1.29, 1.82) is 0 Å². The highest BCUT2D eigenvalue weighted by Crippen LogP contribution is 2.29. The van der Waals surface area contributed by atoms with Crippen LogP contribution in [0.1, 0.15) is 18.9 Å². The molecule has 1 atom stereocenters. The molecule has 0 aliphatic rings. The van der Waals surface area contributed by atoms with Crippen LogP contribution >= 0.6 is 11.6 Å². The van der Waals surface area contributed by atoms with Gasteiger partial charge in [0.15, 0.2) is 0 Å². The number of hydrogen-bond donors (Lipinski definition) is 1. The largest absolute Gasteiger partial charge is 0.481 e. The van der Waals surface area contributed by atoms with Gasteiger partial charge in [-0.05, 0) is 31.0 Å². The molecule has 0 heterocycles.